The molecule has 10 nitrogen and oxygen atoms in total. The average molecular weight is 427 g/mol. The van der Waals surface area contributed by atoms with E-state index in [0.717, 1.165) is 0 Å². The highest BCUT2D eigenvalue weighted by Gasteiger charge is 2.33. The van der Waals surface area contributed by atoms with Gasteiger partial charge < -0.3 is 24.0 Å². The fourth-order valence-corrected chi connectivity index (χ4v) is 3.42. The second-order valence-corrected chi connectivity index (χ2v) is 7.11. The lowest BCUT2D eigenvalue weighted by molar-refractivity contribution is -0.384. The third kappa shape index (κ3) is 4.68. The van der Waals surface area contributed by atoms with Crippen molar-refractivity contribution in [2.75, 3.05) is 39.4 Å². The third-order valence-electron chi connectivity index (χ3n) is 5.14. The van der Waals surface area contributed by atoms with Crippen molar-refractivity contribution in [2.24, 2.45) is 0 Å². The molecule has 2 aromatic carbocycles. The lowest BCUT2D eigenvalue weighted by atomic mass is 10.2. The third-order valence-corrected chi connectivity index (χ3v) is 5.14. The van der Waals surface area contributed by atoms with Gasteiger partial charge in [-0.25, -0.2) is 0 Å². The molecule has 1 fully saturated rings. The molecule has 1 saturated heterocycles. The number of nitro groups is 1. The molecule has 2 aliphatic rings. The highest BCUT2D eigenvalue weighted by molar-refractivity contribution is 5.83. The minimum absolute atomic E-state index is 0.0460. The van der Waals surface area contributed by atoms with Crippen LogP contribution in [0.2, 0.25) is 0 Å². The summed E-state index contributed by atoms with van der Waals surface area (Å²) in [6.45, 7) is 1.53. The summed E-state index contributed by atoms with van der Waals surface area (Å²) in [6, 6.07) is 12.7. The van der Waals surface area contributed by atoms with Crippen molar-refractivity contribution >= 4 is 17.5 Å². The summed E-state index contributed by atoms with van der Waals surface area (Å²) in [7, 11) is 0. The van der Waals surface area contributed by atoms with Gasteiger partial charge in [0.05, 0.1) is 4.92 Å². The van der Waals surface area contributed by atoms with Crippen molar-refractivity contribution in [1.82, 2.24) is 9.80 Å². The number of benzene rings is 2. The Morgan fingerprint density at radius 2 is 1.65 bits per heavy atom. The molecule has 0 N–H and O–H groups in total. The Bertz CT molecular complexity index is 971. The standard InChI is InChI=1S/C21H21N3O7/c25-20(14-29-16-7-5-15(6-8-16)24(27)28)22-9-11-23(12-10-22)21(26)19-13-30-17-3-1-2-4-18(17)31-19/h1-8,19H,9-14H2. The largest absolute Gasteiger partial charge is 0.485 e. The zero-order chi connectivity index (χ0) is 21.8. The van der Waals surface area contributed by atoms with Gasteiger partial charge in [-0.05, 0) is 24.3 Å². The van der Waals surface area contributed by atoms with E-state index in [-0.39, 0.29) is 30.7 Å². The first-order chi connectivity index (χ1) is 15.0. The first-order valence-electron chi connectivity index (χ1n) is 9.83. The molecule has 0 aliphatic carbocycles. The quantitative estimate of drug-likeness (QED) is 0.525. The molecule has 2 aromatic rings. The summed E-state index contributed by atoms with van der Waals surface area (Å²) >= 11 is 0. The molecule has 0 aromatic heterocycles. The number of carbonyl (C=O) groups excluding carboxylic acids is 2. The first-order valence-corrected chi connectivity index (χ1v) is 9.83. The number of nitrogens with zero attached hydrogens (tertiary/aromatic N) is 3. The van der Waals surface area contributed by atoms with Gasteiger partial charge in [0.25, 0.3) is 17.5 Å². The van der Waals surface area contributed by atoms with Crippen LogP contribution in [0, 0.1) is 10.1 Å². The molecular formula is C21H21N3O7. The normalized spacial score (nSPS) is 17.7. The molecule has 2 aliphatic heterocycles. The number of hydrogen-bond acceptors (Lipinski definition) is 7. The average Bonchev–Trinajstić information content (AvgIpc) is 2.82. The number of carbonyl (C=O) groups is 2. The van der Waals surface area contributed by atoms with E-state index in [1.54, 1.807) is 21.9 Å². The number of rotatable bonds is 5. The summed E-state index contributed by atoms with van der Waals surface area (Å²) in [5, 5.41) is 10.7. The Balaban J connectivity index is 1.24. The van der Waals surface area contributed by atoms with Gasteiger partial charge in [-0.1, -0.05) is 12.1 Å². The van der Waals surface area contributed by atoms with E-state index in [2.05, 4.69) is 0 Å². The number of para-hydroxylation sites is 2. The van der Waals surface area contributed by atoms with Crippen LogP contribution in [0.15, 0.2) is 48.5 Å². The molecule has 2 amide bonds. The van der Waals surface area contributed by atoms with E-state index >= 15 is 0 Å². The molecule has 0 bridgehead atoms. The molecule has 1 unspecified atom stereocenters. The Hall–Kier alpha value is -3.82. The van der Waals surface area contributed by atoms with Gasteiger partial charge in [-0.3, -0.25) is 19.7 Å². The van der Waals surface area contributed by atoms with E-state index in [0.29, 0.717) is 43.4 Å². The number of piperazine rings is 1. The maximum atomic E-state index is 12.8. The molecule has 2 heterocycles. The van der Waals surface area contributed by atoms with Gasteiger partial charge in [-0.15, -0.1) is 0 Å². The van der Waals surface area contributed by atoms with Crippen molar-refractivity contribution in [2.45, 2.75) is 6.10 Å². The van der Waals surface area contributed by atoms with E-state index < -0.39 is 11.0 Å². The summed E-state index contributed by atoms with van der Waals surface area (Å²) in [6.07, 6.45) is -0.706. The zero-order valence-electron chi connectivity index (χ0n) is 16.6. The van der Waals surface area contributed by atoms with E-state index in [4.69, 9.17) is 14.2 Å². The Morgan fingerprint density at radius 1 is 1.00 bits per heavy atom. The molecule has 162 valence electrons. The van der Waals surface area contributed by atoms with Crippen molar-refractivity contribution in [3.8, 4) is 17.2 Å². The Morgan fingerprint density at radius 3 is 2.32 bits per heavy atom. The number of non-ortho nitro benzene ring substituents is 1. The van der Waals surface area contributed by atoms with Crippen LogP contribution in [-0.4, -0.2) is 72.0 Å². The predicted molar refractivity (Wildman–Crippen MR) is 108 cm³/mol. The fourth-order valence-electron chi connectivity index (χ4n) is 3.42. The molecule has 1 atom stereocenters. The smallest absolute Gasteiger partial charge is 0.269 e. The van der Waals surface area contributed by atoms with Gasteiger partial charge in [0.2, 0.25) is 6.10 Å². The van der Waals surface area contributed by atoms with Gasteiger partial charge in [-0.2, -0.15) is 0 Å². The molecule has 4 rings (SSSR count). The van der Waals surface area contributed by atoms with Gasteiger partial charge in [0, 0.05) is 38.3 Å². The SMILES string of the molecule is O=C(COc1ccc([N+](=O)[O-])cc1)N1CCN(C(=O)C2COc3ccccc3O2)CC1. The van der Waals surface area contributed by atoms with Gasteiger partial charge >= 0.3 is 0 Å². The molecule has 0 radical (unpaired) electrons. The maximum Gasteiger partial charge on any atom is 0.269 e. The number of fused-ring (bicyclic) bond motifs is 1. The highest BCUT2D eigenvalue weighted by Crippen LogP contribution is 2.31. The highest BCUT2D eigenvalue weighted by atomic mass is 16.6. The van der Waals surface area contributed by atoms with Crippen LogP contribution >= 0.6 is 0 Å². The van der Waals surface area contributed by atoms with Crippen LogP contribution in [0.1, 0.15) is 0 Å². The molecule has 0 spiro atoms. The van der Waals surface area contributed by atoms with Crippen molar-refractivity contribution in [3.05, 3.63) is 58.6 Å². The van der Waals surface area contributed by atoms with Crippen LogP contribution in [0.4, 0.5) is 5.69 Å². The van der Waals surface area contributed by atoms with E-state index in [1.807, 2.05) is 12.1 Å². The lowest BCUT2D eigenvalue weighted by Gasteiger charge is -2.37. The number of amides is 2. The first kappa shape index (κ1) is 20.5. The van der Waals surface area contributed by atoms with Crippen LogP contribution in [0.3, 0.4) is 0 Å². The molecule has 31 heavy (non-hydrogen) atoms. The number of ether oxygens (including phenoxy) is 3. The van der Waals surface area contributed by atoms with Crippen molar-refractivity contribution in [1.29, 1.82) is 0 Å². The molecule has 10 heteroatoms. The van der Waals surface area contributed by atoms with Crippen LogP contribution in [0.5, 0.6) is 17.2 Å². The lowest BCUT2D eigenvalue weighted by Crippen LogP contribution is -2.55. The topological polar surface area (TPSA) is 111 Å². The van der Waals surface area contributed by atoms with Gasteiger partial charge in [0.1, 0.15) is 12.4 Å². The predicted octanol–water partition coefficient (Wildman–Crippen LogP) is 1.48. The van der Waals surface area contributed by atoms with Crippen LogP contribution in [-0.2, 0) is 9.59 Å². The maximum absolute atomic E-state index is 12.8. The Labute approximate surface area is 178 Å². The Kier molecular flexibility index (Phi) is 5.87. The molecular weight excluding hydrogens is 406 g/mol. The monoisotopic (exact) mass is 427 g/mol. The molecule has 0 saturated carbocycles. The summed E-state index contributed by atoms with van der Waals surface area (Å²) in [4.78, 5) is 38.6. The number of hydrogen-bond donors (Lipinski definition) is 0. The second-order valence-electron chi connectivity index (χ2n) is 7.11. The zero-order valence-corrected chi connectivity index (χ0v) is 16.6. The van der Waals surface area contributed by atoms with Crippen LogP contribution in [0.25, 0.3) is 0 Å². The minimum atomic E-state index is -0.706. The summed E-state index contributed by atoms with van der Waals surface area (Å²) in [5.41, 5.74) is -0.0460. The van der Waals surface area contributed by atoms with Gasteiger partial charge in [0.15, 0.2) is 18.1 Å². The van der Waals surface area contributed by atoms with E-state index in [9.17, 15) is 19.7 Å². The summed E-state index contributed by atoms with van der Waals surface area (Å²) < 4.78 is 16.8. The van der Waals surface area contributed by atoms with Crippen molar-refractivity contribution in [3.63, 3.8) is 0 Å². The van der Waals surface area contributed by atoms with Crippen LogP contribution < -0.4 is 14.2 Å². The minimum Gasteiger partial charge on any atom is -0.485 e. The summed E-state index contributed by atoms with van der Waals surface area (Å²) in [5.74, 6) is 1.17. The van der Waals surface area contributed by atoms with Crippen molar-refractivity contribution < 1.29 is 28.7 Å². The fraction of sp³-hybridized carbons (Fsp3) is 0.333. The number of nitro benzene ring substituents is 1. The van der Waals surface area contributed by atoms with E-state index in [1.165, 1.54) is 24.3 Å². The second kappa shape index (κ2) is 8.90.